The molecule has 18 heavy (non-hydrogen) atoms. The summed E-state index contributed by atoms with van der Waals surface area (Å²) >= 11 is 0. The number of hydrogen-bond acceptors (Lipinski definition) is 3. The van der Waals surface area contributed by atoms with Gasteiger partial charge in [0.1, 0.15) is 11.6 Å². The number of nitrogens with one attached hydrogen (secondary N) is 1. The Morgan fingerprint density at radius 2 is 2.33 bits per heavy atom. The van der Waals surface area contributed by atoms with E-state index in [4.69, 9.17) is 5.11 Å². The fourth-order valence-corrected chi connectivity index (χ4v) is 1.53. The zero-order valence-corrected chi connectivity index (χ0v) is 9.72. The second-order valence-electron chi connectivity index (χ2n) is 3.87. The fraction of sp³-hybridized carbons (Fsp3) is 0.167. The van der Waals surface area contributed by atoms with Crippen LogP contribution < -0.4 is 5.32 Å². The van der Waals surface area contributed by atoms with Gasteiger partial charge >= 0.3 is 0 Å². The smallest absolute Gasteiger partial charge is 0.254 e. The number of amides is 1. The third-order valence-electron chi connectivity index (χ3n) is 2.41. The van der Waals surface area contributed by atoms with Gasteiger partial charge in [-0.2, -0.15) is 5.10 Å². The average molecular weight is 249 g/mol. The van der Waals surface area contributed by atoms with Crippen LogP contribution in [0.1, 0.15) is 15.9 Å². The summed E-state index contributed by atoms with van der Waals surface area (Å²) in [6, 6.07) is 3.41. The van der Waals surface area contributed by atoms with E-state index in [1.165, 1.54) is 12.1 Å². The van der Waals surface area contributed by atoms with E-state index < -0.39 is 11.7 Å². The number of halogens is 1. The van der Waals surface area contributed by atoms with Gasteiger partial charge in [-0.3, -0.25) is 9.48 Å². The number of carbonyl (C=O) groups excluding carboxylic acids is 1. The lowest BCUT2D eigenvalue weighted by atomic mass is 10.2. The molecule has 0 spiro atoms. The summed E-state index contributed by atoms with van der Waals surface area (Å²) < 4.78 is 15.0. The molecule has 2 N–H and O–H groups in total. The lowest BCUT2D eigenvalue weighted by molar-refractivity contribution is 0.0947. The standard InChI is InChI=1S/C12H12FN3O2/c1-16-7-8(6-15-16)5-14-12(18)10-3-2-9(17)4-11(10)13/h2-4,6-7,17H,5H2,1H3,(H,14,18). The monoisotopic (exact) mass is 249 g/mol. The number of benzene rings is 1. The molecule has 0 atom stereocenters. The molecule has 5 nitrogen and oxygen atoms in total. The van der Waals surface area contributed by atoms with Gasteiger partial charge in [0.05, 0.1) is 11.8 Å². The quantitative estimate of drug-likeness (QED) is 0.858. The van der Waals surface area contributed by atoms with Crippen molar-refractivity contribution in [2.24, 2.45) is 7.05 Å². The Morgan fingerprint density at radius 3 is 2.94 bits per heavy atom. The number of aryl methyl sites for hydroxylation is 1. The average Bonchev–Trinajstić information content (AvgIpc) is 2.72. The molecule has 0 fully saturated rings. The van der Waals surface area contributed by atoms with Gasteiger partial charge in [0.25, 0.3) is 5.91 Å². The Morgan fingerprint density at radius 1 is 1.56 bits per heavy atom. The maximum atomic E-state index is 13.4. The van der Waals surface area contributed by atoms with Gasteiger partial charge < -0.3 is 10.4 Å². The maximum Gasteiger partial charge on any atom is 0.254 e. The molecule has 0 saturated heterocycles. The second kappa shape index (κ2) is 4.87. The van der Waals surface area contributed by atoms with Crippen molar-refractivity contribution < 1.29 is 14.3 Å². The van der Waals surface area contributed by atoms with E-state index in [1.807, 2.05) is 0 Å². The van der Waals surface area contributed by atoms with E-state index in [1.54, 1.807) is 24.1 Å². The van der Waals surface area contributed by atoms with Crippen molar-refractivity contribution in [1.82, 2.24) is 15.1 Å². The molecule has 1 amide bonds. The predicted octanol–water partition coefficient (Wildman–Crippen LogP) is 1.19. The van der Waals surface area contributed by atoms with Gasteiger partial charge in [0, 0.05) is 31.4 Å². The zero-order valence-electron chi connectivity index (χ0n) is 9.72. The highest BCUT2D eigenvalue weighted by atomic mass is 19.1. The van der Waals surface area contributed by atoms with Gasteiger partial charge in [0.15, 0.2) is 0 Å². The number of rotatable bonds is 3. The van der Waals surface area contributed by atoms with Crippen molar-refractivity contribution >= 4 is 5.91 Å². The number of aromatic nitrogens is 2. The minimum Gasteiger partial charge on any atom is -0.508 e. The minimum atomic E-state index is -0.751. The number of phenols is 1. The van der Waals surface area contributed by atoms with Gasteiger partial charge in [-0.15, -0.1) is 0 Å². The summed E-state index contributed by atoms with van der Waals surface area (Å²) in [5.74, 6) is -1.49. The predicted molar refractivity (Wildman–Crippen MR) is 62.4 cm³/mol. The molecule has 1 heterocycles. The minimum absolute atomic E-state index is 0.100. The van der Waals surface area contributed by atoms with Crippen LogP contribution in [0.2, 0.25) is 0 Å². The van der Waals surface area contributed by atoms with Crippen LogP contribution in [0.5, 0.6) is 5.75 Å². The van der Waals surface area contributed by atoms with E-state index in [9.17, 15) is 9.18 Å². The molecule has 0 unspecified atom stereocenters. The Kier molecular flexibility index (Phi) is 3.27. The molecule has 0 aliphatic carbocycles. The highest BCUT2D eigenvalue weighted by Crippen LogP contribution is 2.14. The van der Waals surface area contributed by atoms with Crippen molar-refractivity contribution in [1.29, 1.82) is 0 Å². The molecule has 2 rings (SSSR count). The lowest BCUT2D eigenvalue weighted by Crippen LogP contribution is -2.23. The number of phenolic OH excluding ortho intramolecular Hbond substituents is 1. The summed E-state index contributed by atoms with van der Waals surface area (Å²) in [6.07, 6.45) is 3.38. The zero-order chi connectivity index (χ0) is 13.1. The van der Waals surface area contributed by atoms with E-state index in [0.717, 1.165) is 11.6 Å². The third kappa shape index (κ3) is 2.65. The van der Waals surface area contributed by atoms with Crippen molar-refractivity contribution in [3.05, 3.63) is 47.5 Å². The normalized spacial score (nSPS) is 10.3. The highest BCUT2D eigenvalue weighted by Gasteiger charge is 2.11. The number of nitrogens with zero attached hydrogens (tertiary/aromatic N) is 2. The van der Waals surface area contributed by atoms with Crippen molar-refractivity contribution in [2.45, 2.75) is 6.54 Å². The van der Waals surface area contributed by atoms with E-state index in [-0.39, 0.29) is 17.9 Å². The number of hydrogen-bond donors (Lipinski definition) is 2. The highest BCUT2D eigenvalue weighted by molar-refractivity contribution is 5.94. The molecule has 0 radical (unpaired) electrons. The summed E-state index contributed by atoms with van der Waals surface area (Å²) in [7, 11) is 1.77. The maximum absolute atomic E-state index is 13.4. The first-order chi connectivity index (χ1) is 8.56. The van der Waals surface area contributed by atoms with Crippen LogP contribution in [-0.4, -0.2) is 20.8 Å². The molecular weight excluding hydrogens is 237 g/mol. The largest absolute Gasteiger partial charge is 0.508 e. The van der Waals surface area contributed by atoms with E-state index in [0.29, 0.717) is 0 Å². The molecular formula is C12H12FN3O2. The van der Waals surface area contributed by atoms with Gasteiger partial charge in [-0.05, 0) is 12.1 Å². The molecule has 94 valence electrons. The van der Waals surface area contributed by atoms with Crippen LogP contribution >= 0.6 is 0 Å². The number of carbonyl (C=O) groups is 1. The van der Waals surface area contributed by atoms with Crippen molar-refractivity contribution in [3.8, 4) is 5.75 Å². The van der Waals surface area contributed by atoms with Crippen LogP contribution in [-0.2, 0) is 13.6 Å². The molecule has 2 aromatic rings. The molecule has 0 aliphatic heterocycles. The first-order valence-corrected chi connectivity index (χ1v) is 5.30. The van der Waals surface area contributed by atoms with E-state index in [2.05, 4.69) is 10.4 Å². The molecule has 1 aromatic heterocycles. The number of aromatic hydroxyl groups is 1. The first kappa shape index (κ1) is 12.1. The summed E-state index contributed by atoms with van der Waals surface area (Å²) in [4.78, 5) is 11.7. The van der Waals surface area contributed by atoms with Gasteiger partial charge in [-0.1, -0.05) is 0 Å². The van der Waals surface area contributed by atoms with Crippen molar-refractivity contribution in [2.75, 3.05) is 0 Å². The molecule has 1 aromatic carbocycles. The molecule has 0 saturated carbocycles. The van der Waals surface area contributed by atoms with Crippen LogP contribution in [0.15, 0.2) is 30.6 Å². The summed E-state index contributed by atoms with van der Waals surface area (Å²) in [5.41, 5.74) is 0.724. The Labute approximate surface area is 103 Å². The van der Waals surface area contributed by atoms with Crippen LogP contribution in [0.4, 0.5) is 4.39 Å². The topological polar surface area (TPSA) is 67.2 Å². The van der Waals surface area contributed by atoms with Crippen LogP contribution in [0.25, 0.3) is 0 Å². The van der Waals surface area contributed by atoms with Crippen LogP contribution in [0.3, 0.4) is 0 Å². The third-order valence-corrected chi connectivity index (χ3v) is 2.41. The Balaban J connectivity index is 2.03. The lowest BCUT2D eigenvalue weighted by Gasteiger charge is -2.05. The molecule has 0 bridgehead atoms. The Bertz CT molecular complexity index is 580. The van der Waals surface area contributed by atoms with Crippen LogP contribution in [0, 0.1) is 5.82 Å². The van der Waals surface area contributed by atoms with E-state index >= 15 is 0 Å². The summed E-state index contributed by atoms with van der Waals surface area (Å²) in [5, 5.41) is 15.6. The molecule has 0 aliphatic rings. The fourth-order valence-electron chi connectivity index (χ4n) is 1.53. The summed E-state index contributed by atoms with van der Waals surface area (Å²) in [6.45, 7) is 0.271. The Hall–Kier alpha value is -2.37. The SMILES string of the molecule is Cn1cc(CNC(=O)c2ccc(O)cc2F)cn1. The molecule has 6 heteroatoms. The van der Waals surface area contributed by atoms with Gasteiger partial charge in [-0.25, -0.2) is 4.39 Å². The second-order valence-corrected chi connectivity index (χ2v) is 3.87. The van der Waals surface area contributed by atoms with Crippen molar-refractivity contribution in [3.63, 3.8) is 0 Å². The first-order valence-electron chi connectivity index (χ1n) is 5.30. The van der Waals surface area contributed by atoms with Gasteiger partial charge in [0.2, 0.25) is 0 Å².